The summed E-state index contributed by atoms with van der Waals surface area (Å²) in [5, 5.41) is 3.87. The minimum Gasteiger partial charge on any atom is -0.313 e. The van der Waals surface area contributed by atoms with Crippen LogP contribution in [0.4, 0.5) is 0 Å². The molecule has 0 aromatic rings. The summed E-state index contributed by atoms with van der Waals surface area (Å²) in [5.41, 5.74) is 3.03. The van der Waals surface area contributed by atoms with E-state index in [0.717, 1.165) is 35.8 Å². The molecule has 5 rings (SSSR count). The molecule has 1 spiro atoms. The third kappa shape index (κ3) is 2.16. The lowest BCUT2D eigenvalue weighted by Gasteiger charge is -2.58. The molecule has 4 aliphatic carbocycles. The van der Waals surface area contributed by atoms with Crippen molar-refractivity contribution in [2.45, 2.75) is 77.3 Å². The number of rotatable bonds is 1. The number of nitrogens with one attached hydrogen (secondary N) is 1. The maximum Gasteiger partial charge on any atom is 0.0127 e. The Kier molecular flexibility index (Phi) is 3.75. The Morgan fingerprint density at radius 2 is 1.84 bits per heavy atom. The van der Waals surface area contributed by atoms with Gasteiger partial charge in [0.1, 0.15) is 0 Å². The van der Waals surface area contributed by atoms with Gasteiger partial charge in [-0.15, -0.1) is 0 Å². The molecule has 2 heteroatoms. The van der Waals surface area contributed by atoms with Gasteiger partial charge in [0.15, 0.2) is 0 Å². The molecule has 2 nitrogen and oxygen atoms in total. The molecule has 0 bridgehead atoms. The molecular formula is C23H38N2. The maximum absolute atomic E-state index is 3.87. The molecule has 4 fully saturated rings. The van der Waals surface area contributed by atoms with Gasteiger partial charge in [-0.05, 0) is 107 Å². The predicted molar refractivity (Wildman–Crippen MR) is 104 cm³/mol. The van der Waals surface area contributed by atoms with Gasteiger partial charge in [0, 0.05) is 18.6 Å². The van der Waals surface area contributed by atoms with Gasteiger partial charge < -0.3 is 10.2 Å². The second kappa shape index (κ2) is 5.58. The fraction of sp³-hybridized carbons (Fsp3) is 0.913. The van der Waals surface area contributed by atoms with Gasteiger partial charge in [-0.2, -0.15) is 0 Å². The molecule has 1 aliphatic heterocycles. The standard InChI is InChI=1S/C23H38N2/c1-15-19-7-8-21-18-6-5-16-13-17(25(3)4)9-11-22(16,2)20(18)10-12-23(19,21)14-24-15/h5,15,17-21,24H,6-14H2,1-4H3/t15?,17-,18?,19+,20?,21?,22-,23-/m0/s1. The van der Waals surface area contributed by atoms with E-state index in [1.54, 1.807) is 0 Å². The summed E-state index contributed by atoms with van der Waals surface area (Å²) in [6, 6.07) is 1.55. The quantitative estimate of drug-likeness (QED) is 0.707. The Labute approximate surface area is 154 Å². The van der Waals surface area contributed by atoms with Crippen molar-refractivity contribution in [1.82, 2.24) is 10.2 Å². The van der Waals surface area contributed by atoms with Gasteiger partial charge in [0.05, 0.1) is 0 Å². The van der Waals surface area contributed by atoms with Crippen LogP contribution in [0, 0.1) is 34.5 Å². The first-order valence-electron chi connectivity index (χ1n) is 11.0. The molecule has 25 heavy (non-hydrogen) atoms. The summed E-state index contributed by atoms with van der Waals surface area (Å²) in [4.78, 5) is 2.47. The van der Waals surface area contributed by atoms with E-state index in [9.17, 15) is 0 Å². The lowest BCUT2D eigenvalue weighted by molar-refractivity contribution is -0.0408. The highest BCUT2D eigenvalue weighted by Crippen LogP contribution is 2.67. The molecule has 0 amide bonds. The van der Waals surface area contributed by atoms with Crippen LogP contribution in [0.2, 0.25) is 0 Å². The van der Waals surface area contributed by atoms with Crippen LogP contribution < -0.4 is 5.32 Å². The van der Waals surface area contributed by atoms with Crippen molar-refractivity contribution in [3.05, 3.63) is 11.6 Å². The highest BCUT2D eigenvalue weighted by Gasteiger charge is 2.62. The summed E-state index contributed by atoms with van der Waals surface area (Å²) in [6.07, 6.45) is 14.3. The Morgan fingerprint density at radius 1 is 1.04 bits per heavy atom. The van der Waals surface area contributed by atoms with Crippen LogP contribution in [0.5, 0.6) is 0 Å². The van der Waals surface area contributed by atoms with E-state index >= 15 is 0 Å². The lowest BCUT2D eigenvalue weighted by Crippen LogP contribution is -2.52. The van der Waals surface area contributed by atoms with Crippen molar-refractivity contribution in [3.63, 3.8) is 0 Å². The van der Waals surface area contributed by atoms with Gasteiger partial charge in [0.25, 0.3) is 0 Å². The summed E-state index contributed by atoms with van der Waals surface area (Å²) >= 11 is 0. The molecule has 0 aromatic heterocycles. The van der Waals surface area contributed by atoms with Crippen LogP contribution in [0.25, 0.3) is 0 Å². The topological polar surface area (TPSA) is 15.3 Å². The second-order valence-electron chi connectivity index (χ2n) is 10.7. The molecule has 3 saturated carbocycles. The van der Waals surface area contributed by atoms with Crippen molar-refractivity contribution < 1.29 is 0 Å². The van der Waals surface area contributed by atoms with E-state index in [2.05, 4.69) is 44.2 Å². The van der Waals surface area contributed by atoms with E-state index < -0.39 is 0 Å². The normalized spacial score (nSPS) is 54.5. The van der Waals surface area contributed by atoms with E-state index in [1.807, 2.05) is 5.57 Å². The molecule has 1 heterocycles. The van der Waals surface area contributed by atoms with E-state index in [4.69, 9.17) is 0 Å². The monoisotopic (exact) mass is 342 g/mol. The average Bonchev–Trinajstić information content (AvgIpc) is 3.11. The van der Waals surface area contributed by atoms with Gasteiger partial charge in [-0.3, -0.25) is 0 Å². The van der Waals surface area contributed by atoms with Crippen LogP contribution >= 0.6 is 0 Å². The summed E-state index contributed by atoms with van der Waals surface area (Å²) in [6.45, 7) is 6.43. The van der Waals surface area contributed by atoms with Gasteiger partial charge in [0.2, 0.25) is 0 Å². The maximum atomic E-state index is 3.87. The van der Waals surface area contributed by atoms with E-state index in [0.29, 0.717) is 10.8 Å². The van der Waals surface area contributed by atoms with E-state index in [-0.39, 0.29) is 0 Å². The average molecular weight is 343 g/mol. The van der Waals surface area contributed by atoms with Gasteiger partial charge in [-0.25, -0.2) is 0 Å². The molecule has 4 unspecified atom stereocenters. The number of hydrogen-bond donors (Lipinski definition) is 1. The number of hydrogen-bond acceptors (Lipinski definition) is 2. The predicted octanol–water partition coefficient (Wildman–Crippen LogP) is 4.47. The Morgan fingerprint density at radius 3 is 2.64 bits per heavy atom. The molecule has 8 atom stereocenters. The van der Waals surface area contributed by atoms with Crippen LogP contribution in [-0.4, -0.2) is 37.6 Å². The summed E-state index contributed by atoms with van der Waals surface area (Å²) in [5.74, 6) is 3.94. The minimum absolute atomic E-state index is 0.521. The van der Waals surface area contributed by atoms with Crippen LogP contribution in [0.15, 0.2) is 11.6 Å². The van der Waals surface area contributed by atoms with Gasteiger partial charge in [-0.1, -0.05) is 18.6 Å². The van der Waals surface area contributed by atoms with Crippen molar-refractivity contribution in [2.75, 3.05) is 20.6 Å². The zero-order valence-electron chi connectivity index (χ0n) is 16.9. The van der Waals surface area contributed by atoms with Gasteiger partial charge >= 0.3 is 0 Å². The number of allylic oxidation sites excluding steroid dienone is 1. The Balaban J connectivity index is 1.45. The first kappa shape index (κ1) is 16.8. The van der Waals surface area contributed by atoms with Crippen LogP contribution in [0.1, 0.15) is 65.2 Å². The number of nitrogens with zero attached hydrogens (tertiary/aromatic N) is 1. The van der Waals surface area contributed by atoms with Crippen LogP contribution in [0.3, 0.4) is 0 Å². The van der Waals surface area contributed by atoms with Crippen LogP contribution in [-0.2, 0) is 0 Å². The number of fused-ring (bicyclic) bond motifs is 4. The highest BCUT2D eigenvalue weighted by molar-refractivity contribution is 5.26. The summed E-state index contributed by atoms with van der Waals surface area (Å²) in [7, 11) is 4.55. The Bertz CT molecular complexity index is 581. The molecule has 0 radical (unpaired) electrons. The minimum atomic E-state index is 0.521. The first-order valence-corrected chi connectivity index (χ1v) is 11.0. The Hall–Kier alpha value is -0.340. The van der Waals surface area contributed by atoms with E-state index in [1.165, 1.54) is 57.9 Å². The summed E-state index contributed by atoms with van der Waals surface area (Å²) < 4.78 is 0. The van der Waals surface area contributed by atoms with Crippen molar-refractivity contribution in [2.24, 2.45) is 34.5 Å². The largest absolute Gasteiger partial charge is 0.313 e. The van der Waals surface area contributed by atoms with Crippen molar-refractivity contribution in [3.8, 4) is 0 Å². The second-order valence-corrected chi connectivity index (χ2v) is 10.7. The molecule has 5 aliphatic rings. The van der Waals surface area contributed by atoms with Crippen molar-refractivity contribution in [1.29, 1.82) is 0 Å². The molecule has 1 N–H and O–H groups in total. The SMILES string of the molecule is CC1NC[C@]23CCC4C(CC=C5C[C@@H](N(C)C)CC[C@@]54C)C2CC[C@H]13. The molecule has 1 saturated heterocycles. The third-order valence-electron chi connectivity index (χ3n) is 9.95. The zero-order chi connectivity index (χ0) is 17.4. The molecule has 0 aromatic carbocycles. The van der Waals surface area contributed by atoms with Crippen molar-refractivity contribution >= 4 is 0 Å². The lowest BCUT2D eigenvalue weighted by atomic mass is 9.47. The fourth-order valence-corrected chi connectivity index (χ4v) is 8.53. The zero-order valence-corrected chi connectivity index (χ0v) is 16.9. The fourth-order valence-electron chi connectivity index (χ4n) is 8.53. The molecular weight excluding hydrogens is 304 g/mol. The smallest absolute Gasteiger partial charge is 0.0127 e. The molecule has 140 valence electrons. The highest BCUT2D eigenvalue weighted by atomic mass is 15.1. The third-order valence-corrected chi connectivity index (χ3v) is 9.95. The first-order chi connectivity index (χ1) is 12.0.